The molecule has 0 saturated carbocycles. The van der Waals surface area contributed by atoms with Gasteiger partial charge in [-0.3, -0.25) is 0 Å². The molecule has 1 aromatic heterocycles. The van der Waals surface area contributed by atoms with Gasteiger partial charge in [0.15, 0.2) is 11.6 Å². The highest BCUT2D eigenvalue weighted by molar-refractivity contribution is 5.67. The molecule has 0 aliphatic carbocycles. The second kappa shape index (κ2) is 6.84. The van der Waals surface area contributed by atoms with E-state index in [1.165, 1.54) is 6.07 Å². The van der Waals surface area contributed by atoms with Crippen LogP contribution in [0.25, 0.3) is 0 Å². The van der Waals surface area contributed by atoms with Gasteiger partial charge in [0.1, 0.15) is 17.5 Å². The van der Waals surface area contributed by atoms with E-state index in [4.69, 9.17) is 0 Å². The molecule has 3 aromatic rings. The Morgan fingerprint density at radius 3 is 2.04 bits per heavy atom. The maximum Gasteiger partial charge on any atom is 0.160 e. The van der Waals surface area contributed by atoms with E-state index in [1.807, 2.05) is 32.0 Å². The first-order valence-electron chi connectivity index (χ1n) is 7.83. The van der Waals surface area contributed by atoms with Gasteiger partial charge in [0.05, 0.1) is 0 Å². The third-order valence-corrected chi connectivity index (χ3v) is 3.76. The topological polar surface area (TPSA) is 49.8 Å². The van der Waals surface area contributed by atoms with Crippen molar-refractivity contribution < 1.29 is 8.78 Å². The van der Waals surface area contributed by atoms with Crippen molar-refractivity contribution in [1.29, 1.82) is 0 Å². The lowest BCUT2D eigenvalue weighted by Crippen LogP contribution is -2.03. The Hall–Kier alpha value is -3.02. The summed E-state index contributed by atoms with van der Waals surface area (Å²) in [6.45, 7) is 5.81. The minimum absolute atomic E-state index is 0.412. The number of anilines is 4. The van der Waals surface area contributed by atoms with E-state index in [9.17, 15) is 8.78 Å². The fourth-order valence-electron chi connectivity index (χ4n) is 2.56. The summed E-state index contributed by atoms with van der Waals surface area (Å²) in [5, 5.41) is 6.27. The molecule has 4 nitrogen and oxygen atoms in total. The zero-order chi connectivity index (χ0) is 18.0. The molecule has 0 aliphatic rings. The number of aryl methyl sites for hydroxylation is 3. The van der Waals surface area contributed by atoms with Gasteiger partial charge in [-0.1, -0.05) is 18.2 Å². The molecule has 0 bridgehead atoms. The standard InChI is InChI=1S/C19H18F2N4/c1-11-5-4-6-12(2)19(11)25-18-10-17(22-13(3)23-18)24-14-7-8-15(20)16(21)9-14/h4-10H,1-3H3,(H2,22,23,24,25). The van der Waals surface area contributed by atoms with Crippen molar-refractivity contribution in [3.8, 4) is 0 Å². The lowest BCUT2D eigenvalue weighted by Gasteiger charge is -2.14. The number of halogens is 2. The summed E-state index contributed by atoms with van der Waals surface area (Å²) < 4.78 is 26.4. The fraction of sp³-hybridized carbons (Fsp3) is 0.158. The molecule has 0 spiro atoms. The number of para-hydroxylation sites is 1. The fourth-order valence-corrected chi connectivity index (χ4v) is 2.56. The summed E-state index contributed by atoms with van der Waals surface area (Å²) in [7, 11) is 0. The van der Waals surface area contributed by atoms with Crippen molar-refractivity contribution >= 4 is 23.0 Å². The molecule has 25 heavy (non-hydrogen) atoms. The normalized spacial score (nSPS) is 10.6. The second-order valence-corrected chi connectivity index (χ2v) is 5.83. The molecule has 1 heterocycles. The van der Waals surface area contributed by atoms with Crippen LogP contribution in [0.5, 0.6) is 0 Å². The van der Waals surface area contributed by atoms with E-state index in [0.29, 0.717) is 23.1 Å². The molecule has 2 N–H and O–H groups in total. The number of aromatic nitrogens is 2. The van der Waals surface area contributed by atoms with Crippen molar-refractivity contribution in [1.82, 2.24) is 9.97 Å². The van der Waals surface area contributed by atoms with Gasteiger partial charge in [-0.15, -0.1) is 0 Å². The summed E-state index contributed by atoms with van der Waals surface area (Å²) in [5.74, 6) is -0.130. The van der Waals surface area contributed by atoms with Crippen LogP contribution in [0.15, 0.2) is 42.5 Å². The third kappa shape index (κ3) is 3.91. The van der Waals surface area contributed by atoms with E-state index >= 15 is 0 Å². The predicted octanol–water partition coefficient (Wildman–Crippen LogP) is 5.17. The van der Waals surface area contributed by atoms with Crippen molar-refractivity contribution in [3.63, 3.8) is 0 Å². The van der Waals surface area contributed by atoms with Crippen LogP contribution in [0.4, 0.5) is 31.8 Å². The molecule has 0 radical (unpaired) electrons. The first kappa shape index (κ1) is 16.8. The van der Waals surface area contributed by atoms with Crippen LogP contribution in [0.3, 0.4) is 0 Å². The zero-order valence-electron chi connectivity index (χ0n) is 14.2. The SMILES string of the molecule is Cc1nc(Nc2ccc(F)c(F)c2)cc(Nc2c(C)cccc2C)n1. The van der Waals surface area contributed by atoms with E-state index in [-0.39, 0.29) is 0 Å². The monoisotopic (exact) mass is 340 g/mol. The second-order valence-electron chi connectivity index (χ2n) is 5.83. The molecule has 0 amide bonds. The van der Waals surface area contributed by atoms with Gasteiger partial charge in [0.2, 0.25) is 0 Å². The van der Waals surface area contributed by atoms with Crippen LogP contribution < -0.4 is 10.6 Å². The van der Waals surface area contributed by atoms with Crippen molar-refractivity contribution in [2.45, 2.75) is 20.8 Å². The van der Waals surface area contributed by atoms with E-state index in [0.717, 1.165) is 28.9 Å². The van der Waals surface area contributed by atoms with E-state index < -0.39 is 11.6 Å². The molecule has 2 aromatic carbocycles. The summed E-state index contributed by atoms with van der Waals surface area (Å²) >= 11 is 0. The molecule has 0 aliphatic heterocycles. The van der Waals surface area contributed by atoms with Crippen LogP contribution in [-0.4, -0.2) is 9.97 Å². The average Bonchev–Trinajstić information content (AvgIpc) is 2.54. The average molecular weight is 340 g/mol. The lowest BCUT2D eigenvalue weighted by molar-refractivity contribution is 0.509. The van der Waals surface area contributed by atoms with Crippen LogP contribution in [0, 0.1) is 32.4 Å². The zero-order valence-corrected chi connectivity index (χ0v) is 14.2. The van der Waals surface area contributed by atoms with Crippen molar-refractivity contribution in [3.05, 3.63) is 71.1 Å². The van der Waals surface area contributed by atoms with Crippen molar-refractivity contribution in [2.75, 3.05) is 10.6 Å². The molecule has 0 unspecified atom stereocenters. The van der Waals surface area contributed by atoms with Crippen LogP contribution in [0.2, 0.25) is 0 Å². The lowest BCUT2D eigenvalue weighted by atomic mass is 10.1. The van der Waals surface area contributed by atoms with Crippen LogP contribution >= 0.6 is 0 Å². The Morgan fingerprint density at radius 1 is 0.760 bits per heavy atom. The summed E-state index contributed by atoms with van der Waals surface area (Å²) in [4.78, 5) is 8.68. The van der Waals surface area contributed by atoms with Crippen molar-refractivity contribution in [2.24, 2.45) is 0 Å². The van der Waals surface area contributed by atoms with Crippen LogP contribution in [-0.2, 0) is 0 Å². The predicted molar refractivity (Wildman–Crippen MR) is 95.6 cm³/mol. The molecule has 128 valence electrons. The summed E-state index contributed by atoms with van der Waals surface area (Å²) in [6.07, 6.45) is 0. The Labute approximate surface area is 145 Å². The quantitative estimate of drug-likeness (QED) is 0.688. The largest absolute Gasteiger partial charge is 0.340 e. The molecule has 0 saturated heterocycles. The smallest absolute Gasteiger partial charge is 0.160 e. The number of nitrogens with one attached hydrogen (secondary N) is 2. The van der Waals surface area contributed by atoms with Gasteiger partial charge in [-0.25, -0.2) is 18.7 Å². The van der Waals surface area contributed by atoms with E-state index in [2.05, 4.69) is 20.6 Å². The number of nitrogens with zero attached hydrogens (tertiary/aromatic N) is 2. The number of hydrogen-bond donors (Lipinski definition) is 2. The highest BCUT2D eigenvalue weighted by Gasteiger charge is 2.08. The van der Waals surface area contributed by atoms with Crippen LogP contribution in [0.1, 0.15) is 17.0 Å². The molecule has 0 atom stereocenters. The summed E-state index contributed by atoms with van der Waals surface area (Å²) in [6, 6.07) is 11.4. The van der Waals surface area contributed by atoms with Gasteiger partial charge in [0.25, 0.3) is 0 Å². The van der Waals surface area contributed by atoms with E-state index in [1.54, 1.807) is 13.0 Å². The summed E-state index contributed by atoms with van der Waals surface area (Å²) in [5.41, 5.74) is 3.60. The first-order valence-corrected chi connectivity index (χ1v) is 7.83. The molecule has 6 heteroatoms. The highest BCUT2D eigenvalue weighted by Crippen LogP contribution is 2.25. The van der Waals surface area contributed by atoms with Gasteiger partial charge in [-0.2, -0.15) is 0 Å². The highest BCUT2D eigenvalue weighted by atomic mass is 19.2. The maximum atomic E-state index is 13.4. The Morgan fingerprint density at radius 2 is 1.40 bits per heavy atom. The molecular weight excluding hydrogens is 322 g/mol. The van der Waals surface area contributed by atoms with Gasteiger partial charge in [0, 0.05) is 23.5 Å². The first-order chi connectivity index (χ1) is 11.9. The Kier molecular flexibility index (Phi) is 4.61. The number of rotatable bonds is 4. The molecule has 0 fully saturated rings. The Bertz CT molecular complexity index is 905. The van der Waals surface area contributed by atoms with Gasteiger partial charge in [-0.05, 0) is 44.0 Å². The molecular formula is C19H18F2N4. The minimum Gasteiger partial charge on any atom is -0.340 e. The third-order valence-electron chi connectivity index (χ3n) is 3.76. The van der Waals surface area contributed by atoms with Gasteiger partial charge < -0.3 is 10.6 Å². The number of hydrogen-bond acceptors (Lipinski definition) is 4. The van der Waals surface area contributed by atoms with Gasteiger partial charge >= 0.3 is 0 Å². The minimum atomic E-state index is -0.912. The number of benzene rings is 2. The molecule has 3 rings (SSSR count). The Balaban J connectivity index is 1.89. The maximum absolute atomic E-state index is 13.4.